The van der Waals surface area contributed by atoms with Crippen LogP contribution in [0.1, 0.15) is 33.4 Å². The topological polar surface area (TPSA) is 61.2 Å². The van der Waals surface area contributed by atoms with Gasteiger partial charge in [-0.25, -0.2) is 0 Å². The number of benzene rings is 4. The molecule has 1 aromatic heterocycles. The van der Waals surface area contributed by atoms with Gasteiger partial charge in [-0.3, -0.25) is 4.98 Å². The van der Waals surface area contributed by atoms with Gasteiger partial charge in [-0.2, -0.15) is 5.26 Å². The molecule has 5 nitrogen and oxygen atoms in total. The molecule has 42 heavy (non-hydrogen) atoms. The fourth-order valence-corrected chi connectivity index (χ4v) is 5.38. The fraction of sp³-hybridized carbons (Fsp3) is 0.167. The molecule has 1 N–H and O–H groups in total. The van der Waals surface area contributed by atoms with E-state index in [0.29, 0.717) is 5.56 Å². The lowest BCUT2D eigenvalue weighted by Crippen LogP contribution is -2.23. The molecular formula is C36H34N4OS. The van der Waals surface area contributed by atoms with Crippen LogP contribution in [-0.4, -0.2) is 11.2 Å². The third-order valence-electron chi connectivity index (χ3n) is 7.17. The molecule has 0 aliphatic carbocycles. The molecular weight excluding hydrogens is 536 g/mol. The molecule has 0 unspecified atom stereocenters. The van der Waals surface area contributed by atoms with Gasteiger partial charge < -0.3 is 14.4 Å². The Bertz CT molecular complexity index is 1630. The van der Waals surface area contributed by atoms with Crippen molar-refractivity contribution in [3.63, 3.8) is 0 Å². The highest BCUT2D eigenvalue weighted by Crippen LogP contribution is 2.31. The molecule has 1 heterocycles. The van der Waals surface area contributed by atoms with E-state index in [0.717, 1.165) is 48.7 Å². The van der Waals surface area contributed by atoms with E-state index in [2.05, 4.69) is 76.1 Å². The smallest absolute Gasteiger partial charge is 0.127 e. The lowest BCUT2D eigenvalue weighted by Gasteiger charge is -2.28. The number of aryl methyl sites for hydroxylation is 2. The second-order valence-corrected chi connectivity index (χ2v) is 10.8. The number of nitrogens with zero attached hydrogens (tertiary/aromatic N) is 3. The maximum absolute atomic E-state index is 9.22. The van der Waals surface area contributed by atoms with Crippen LogP contribution >= 0.6 is 11.9 Å². The van der Waals surface area contributed by atoms with E-state index in [-0.39, 0.29) is 0 Å². The first-order valence-electron chi connectivity index (χ1n) is 14.0. The predicted molar refractivity (Wildman–Crippen MR) is 174 cm³/mol. The van der Waals surface area contributed by atoms with Gasteiger partial charge in [-0.05, 0) is 102 Å². The Morgan fingerprint density at radius 3 is 2.17 bits per heavy atom. The van der Waals surface area contributed by atoms with E-state index in [4.69, 9.17) is 4.74 Å². The quantitative estimate of drug-likeness (QED) is 0.151. The maximum Gasteiger partial charge on any atom is 0.127 e. The van der Waals surface area contributed by atoms with Crippen molar-refractivity contribution >= 4 is 23.3 Å². The zero-order valence-electron chi connectivity index (χ0n) is 24.0. The molecule has 0 saturated carbocycles. The molecule has 0 aliphatic heterocycles. The van der Waals surface area contributed by atoms with Crippen molar-refractivity contribution in [3.05, 3.63) is 149 Å². The summed E-state index contributed by atoms with van der Waals surface area (Å²) in [7, 11) is 0. The molecule has 0 aliphatic rings. The molecule has 0 spiro atoms. The van der Waals surface area contributed by atoms with Gasteiger partial charge in [0, 0.05) is 43.1 Å². The SMILES string of the molecule is CSNc1cccc(N(Cc2ccc(C#N)cc2)Cc2ccc(Oc3cccc(CCc4cccnc4)c3)cc2)c1C. The summed E-state index contributed by atoms with van der Waals surface area (Å²) in [6.07, 6.45) is 7.64. The molecule has 5 aromatic rings. The van der Waals surface area contributed by atoms with Crippen molar-refractivity contribution in [1.29, 1.82) is 5.26 Å². The second kappa shape index (κ2) is 14.2. The third kappa shape index (κ3) is 7.72. The summed E-state index contributed by atoms with van der Waals surface area (Å²) in [5, 5.41) is 9.22. The highest BCUT2D eigenvalue weighted by atomic mass is 32.2. The number of pyridine rings is 1. The second-order valence-electron chi connectivity index (χ2n) is 10.2. The summed E-state index contributed by atoms with van der Waals surface area (Å²) < 4.78 is 9.63. The predicted octanol–water partition coefficient (Wildman–Crippen LogP) is 8.74. The van der Waals surface area contributed by atoms with Gasteiger partial charge in [0.1, 0.15) is 11.5 Å². The molecule has 5 rings (SSSR count). The molecule has 4 aromatic carbocycles. The highest BCUT2D eigenvalue weighted by Gasteiger charge is 2.14. The number of anilines is 2. The molecule has 0 amide bonds. The van der Waals surface area contributed by atoms with Crippen molar-refractivity contribution in [3.8, 4) is 17.6 Å². The Labute approximate surface area is 253 Å². The van der Waals surface area contributed by atoms with Gasteiger partial charge in [0.2, 0.25) is 0 Å². The Balaban J connectivity index is 1.30. The zero-order chi connectivity index (χ0) is 29.1. The molecule has 6 heteroatoms. The van der Waals surface area contributed by atoms with Crippen LogP contribution in [0.2, 0.25) is 0 Å². The van der Waals surface area contributed by atoms with Gasteiger partial charge in [-0.15, -0.1) is 0 Å². The molecule has 0 atom stereocenters. The van der Waals surface area contributed by atoms with Crippen molar-refractivity contribution in [2.45, 2.75) is 32.9 Å². The van der Waals surface area contributed by atoms with Crippen LogP contribution in [0.15, 0.2) is 116 Å². The molecule has 0 fully saturated rings. The van der Waals surface area contributed by atoms with Crippen LogP contribution in [0.4, 0.5) is 11.4 Å². The van der Waals surface area contributed by atoms with Crippen molar-refractivity contribution < 1.29 is 4.74 Å². The number of nitriles is 1. The van der Waals surface area contributed by atoms with Crippen LogP contribution in [0.5, 0.6) is 11.5 Å². The van der Waals surface area contributed by atoms with Crippen LogP contribution in [0.25, 0.3) is 0 Å². The van der Waals surface area contributed by atoms with Crippen molar-refractivity contribution in [2.24, 2.45) is 0 Å². The van der Waals surface area contributed by atoms with Crippen molar-refractivity contribution in [2.75, 3.05) is 15.9 Å². The lowest BCUT2D eigenvalue weighted by molar-refractivity contribution is 0.481. The Kier molecular flexibility index (Phi) is 9.77. The van der Waals surface area contributed by atoms with Gasteiger partial charge in [0.05, 0.1) is 11.6 Å². The van der Waals surface area contributed by atoms with Gasteiger partial charge in [-0.1, -0.05) is 60.5 Å². The monoisotopic (exact) mass is 570 g/mol. The summed E-state index contributed by atoms with van der Waals surface area (Å²) in [5.74, 6) is 1.65. The maximum atomic E-state index is 9.22. The largest absolute Gasteiger partial charge is 0.457 e. The third-order valence-corrected chi connectivity index (χ3v) is 7.59. The highest BCUT2D eigenvalue weighted by molar-refractivity contribution is 7.99. The normalized spacial score (nSPS) is 10.6. The summed E-state index contributed by atoms with van der Waals surface area (Å²) in [6, 6.07) is 37.1. The molecule has 0 bridgehead atoms. The molecule has 0 radical (unpaired) electrons. The Hall–Kier alpha value is -4.73. The number of ether oxygens (including phenoxy) is 1. The number of nitrogens with one attached hydrogen (secondary N) is 1. The minimum absolute atomic E-state index is 0.669. The van der Waals surface area contributed by atoms with Crippen LogP contribution in [0.3, 0.4) is 0 Å². The average molecular weight is 571 g/mol. The summed E-state index contributed by atoms with van der Waals surface area (Å²) in [6.45, 7) is 3.61. The number of aromatic nitrogens is 1. The number of rotatable bonds is 12. The average Bonchev–Trinajstić information content (AvgIpc) is 3.03. The minimum Gasteiger partial charge on any atom is -0.457 e. The van der Waals surface area contributed by atoms with Crippen LogP contribution < -0.4 is 14.4 Å². The summed E-state index contributed by atoms with van der Waals surface area (Å²) in [4.78, 5) is 6.59. The zero-order valence-corrected chi connectivity index (χ0v) is 24.8. The summed E-state index contributed by atoms with van der Waals surface area (Å²) >= 11 is 1.59. The first-order valence-corrected chi connectivity index (χ1v) is 15.2. The first kappa shape index (κ1) is 28.8. The fourth-order valence-electron chi connectivity index (χ4n) is 4.94. The van der Waals surface area contributed by atoms with Crippen LogP contribution in [-0.2, 0) is 25.9 Å². The van der Waals surface area contributed by atoms with E-state index in [1.54, 1.807) is 18.1 Å². The Morgan fingerprint density at radius 2 is 1.48 bits per heavy atom. The van der Waals surface area contributed by atoms with E-state index in [1.165, 1.54) is 27.9 Å². The lowest BCUT2D eigenvalue weighted by atomic mass is 10.1. The first-order chi connectivity index (χ1) is 20.6. The van der Waals surface area contributed by atoms with Crippen molar-refractivity contribution in [1.82, 2.24) is 4.98 Å². The number of hydrogen-bond acceptors (Lipinski definition) is 6. The van der Waals surface area contributed by atoms with Gasteiger partial charge >= 0.3 is 0 Å². The van der Waals surface area contributed by atoms with Gasteiger partial charge in [0.25, 0.3) is 0 Å². The van der Waals surface area contributed by atoms with Crippen LogP contribution in [0, 0.1) is 18.3 Å². The summed E-state index contributed by atoms with van der Waals surface area (Å²) in [5.41, 5.74) is 8.95. The Morgan fingerprint density at radius 1 is 0.786 bits per heavy atom. The number of hydrogen-bond donors (Lipinski definition) is 1. The van der Waals surface area contributed by atoms with E-state index in [1.807, 2.05) is 67.0 Å². The van der Waals surface area contributed by atoms with E-state index in [9.17, 15) is 5.26 Å². The van der Waals surface area contributed by atoms with E-state index < -0.39 is 0 Å². The van der Waals surface area contributed by atoms with E-state index >= 15 is 0 Å². The standard InChI is InChI=1S/C36H34N4OS/c1-27-35(39-42-2)9-4-10-36(27)40(25-31-15-12-29(23-37)13-16-31)26-32-17-19-33(20-18-32)41-34-8-3-6-28(22-34)11-14-30-7-5-21-38-24-30/h3-10,12-13,15-22,24,39H,11,14,25-26H2,1-2H3. The van der Waals surface area contributed by atoms with Gasteiger partial charge in [0.15, 0.2) is 0 Å². The molecule has 210 valence electrons. The molecule has 0 saturated heterocycles. The minimum atomic E-state index is 0.669.